The Morgan fingerprint density at radius 3 is 0.713 bits per heavy atom. The van der Waals surface area contributed by atoms with E-state index in [1.807, 2.05) is 0 Å². The molecule has 0 radical (unpaired) electrons. The van der Waals surface area contributed by atoms with Gasteiger partial charge in [0.15, 0.2) is 0 Å². The van der Waals surface area contributed by atoms with Crippen LogP contribution in [-0.2, 0) is 0 Å². The number of hydrogen-bond donors (Lipinski definition) is 0. The highest BCUT2D eigenvalue weighted by Gasteiger charge is 2.34. The fourth-order valence-electron chi connectivity index (χ4n) is 16.5. The molecular formula is C47H61B30N3. The Labute approximate surface area is 503 Å². The van der Waals surface area contributed by atoms with Crippen LogP contribution in [0.4, 0.5) is 0 Å². The molecule has 7 aromatic carbocycles. The summed E-state index contributed by atoms with van der Waals surface area (Å²) in [4.78, 5) is 0. The minimum Gasteiger partial charge on any atom is -0.332 e. The Morgan fingerprint density at radius 2 is 0.400 bits per heavy atom. The van der Waals surface area contributed by atoms with Crippen LogP contribution in [0.5, 0.6) is 0 Å². The summed E-state index contributed by atoms with van der Waals surface area (Å²) in [5, 5.41) is 8.46. The minimum absolute atomic E-state index is 0.181. The molecule has 11 rings (SSSR count). The van der Waals surface area contributed by atoms with Gasteiger partial charge in [0, 0.05) is 55.2 Å². The molecule has 0 aliphatic heterocycles. The second-order valence-electron chi connectivity index (χ2n) is 26.1. The lowest BCUT2D eigenvalue weighted by atomic mass is 9.61. The van der Waals surface area contributed by atoms with E-state index in [2.05, 4.69) is 249 Å². The molecular weight excluding hydrogens is 931 g/mol. The Bertz CT molecular complexity index is 4670. The van der Waals surface area contributed by atoms with Crippen LogP contribution in [0, 0.1) is 0 Å². The minimum atomic E-state index is 0.181. The van der Waals surface area contributed by atoms with Crippen molar-refractivity contribution in [3.63, 3.8) is 0 Å². The first-order chi connectivity index (χ1) is 37.3. The number of allylic oxidation sites excluding steroid dienone is 4. The lowest BCUT2D eigenvalue weighted by Crippen LogP contribution is -2.51. The first-order valence-corrected chi connectivity index (χ1v) is 29.9. The molecule has 0 spiro atoms. The van der Waals surface area contributed by atoms with Gasteiger partial charge in [-0.05, 0) is 38.1 Å². The average Bonchev–Trinajstić information content (AvgIpc) is 4.28. The Hall–Kier alpha value is -4.63. The summed E-state index contributed by atoms with van der Waals surface area (Å²) in [6.07, 6.45) is 0. The summed E-state index contributed by atoms with van der Waals surface area (Å²) in [7, 11) is 71.7. The van der Waals surface area contributed by atoms with Gasteiger partial charge in [0.2, 0.25) is 0 Å². The number of benzene rings is 7. The lowest BCUT2D eigenvalue weighted by molar-refractivity contribution is 0.768. The van der Waals surface area contributed by atoms with Crippen LogP contribution >= 0.6 is 0 Å². The highest BCUT2D eigenvalue weighted by Crippen LogP contribution is 2.40. The molecule has 80 heavy (non-hydrogen) atoms. The molecule has 0 unspecified atom stereocenters. The molecule has 3 aromatic heterocycles. The largest absolute Gasteiger partial charge is 0.332 e. The van der Waals surface area contributed by atoms with Gasteiger partial charge >= 0.3 is 0 Å². The van der Waals surface area contributed by atoms with Crippen LogP contribution in [0.15, 0.2) is 21.9 Å². The molecule has 354 valence electrons. The van der Waals surface area contributed by atoms with Crippen LogP contribution in [0.2, 0.25) is 0 Å². The van der Waals surface area contributed by atoms with Crippen molar-refractivity contribution in [2.75, 3.05) is 0 Å². The SMILES string of the molecule is BC1=C(B)C(n2c3c(B)c(B)c(B)c(B)c3c3c(B)c(-c4c(B)c(B)c5c(c4B)c4c(B)c(B)c(B)c(B)c4n5-c4c(B)c(B)c(B)c(-n5c6c(B)c(B)c(B)c(B)c6c6c(B)c(B)c(B)c(B)c65)c4B)c(B)c(B)c32)C(B)=C1B. The van der Waals surface area contributed by atoms with Crippen molar-refractivity contribution in [2.45, 2.75) is 6.04 Å². The molecule has 0 N–H and O–H groups in total. The Morgan fingerprint density at radius 1 is 0.188 bits per heavy atom. The third-order valence-corrected chi connectivity index (χ3v) is 23.4. The molecule has 0 fully saturated rings. The molecule has 0 saturated carbocycles. The standard InChI is InChI=1S/C47H61B30N3/c48-9-1(11(50)28(67)39-3(9)5-13(52)17(56)21(60)30(69)41(5)78(39)45-34(73)25(64)26(65)35(45)74)2-10(49)4-6-14(53)18(57)22(61)31(70)42(6)79(40(4)29(68)12(2)51)46-36(75)27(66)37(76)47(38(46)77)80-43-7(15(54)19(58)23(62)32(43)71)8-16(55)20(59)24(63)33(72)44(8)80/h45H,48-77H2. The zero-order chi connectivity index (χ0) is 58.9. The van der Waals surface area contributed by atoms with Crippen LogP contribution < -0.4 is 142 Å². The molecule has 0 saturated heterocycles. The van der Waals surface area contributed by atoms with E-state index in [4.69, 9.17) is 0 Å². The highest BCUT2D eigenvalue weighted by molar-refractivity contribution is 6.76. The van der Waals surface area contributed by atoms with Gasteiger partial charge in [-0.2, -0.15) is 0 Å². The number of rotatable bonds is 4. The lowest BCUT2D eigenvalue weighted by Gasteiger charge is -2.28. The molecule has 0 amide bonds. The topological polar surface area (TPSA) is 14.8 Å². The number of fused-ring (bicyclic) bond motifs is 9. The summed E-state index contributed by atoms with van der Waals surface area (Å²) in [5.74, 6) is 0. The average molecular weight is 992 g/mol. The predicted molar refractivity (Wildman–Crippen MR) is 453 cm³/mol. The number of hydrogen-bond acceptors (Lipinski definition) is 0. The molecule has 10 aromatic rings. The van der Waals surface area contributed by atoms with E-state index in [-0.39, 0.29) is 6.04 Å². The van der Waals surface area contributed by atoms with Gasteiger partial charge < -0.3 is 13.7 Å². The van der Waals surface area contributed by atoms with Crippen molar-refractivity contribution >= 4 is 443 Å². The van der Waals surface area contributed by atoms with E-state index >= 15 is 0 Å². The van der Waals surface area contributed by atoms with E-state index in [0.717, 1.165) is 0 Å². The fourth-order valence-corrected chi connectivity index (χ4v) is 16.5. The molecule has 33 heteroatoms. The molecule has 1 aliphatic rings. The predicted octanol–water partition coefficient (Wildman–Crippen LogP) is -37.1. The van der Waals surface area contributed by atoms with Gasteiger partial charge in [-0.25, -0.2) is 0 Å². The first-order valence-electron chi connectivity index (χ1n) is 29.9. The van der Waals surface area contributed by atoms with Crippen molar-refractivity contribution in [2.24, 2.45) is 0 Å². The van der Waals surface area contributed by atoms with Crippen LogP contribution in [0.1, 0.15) is 6.04 Å². The summed E-state index contributed by atoms with van der Waals surface area (Å²) < 4.78 is 8.32. The van der Waals surface area contributed by atoms with E-state index in [9.17, 15) is 0 Å². The van der Waals surface area contributed by atoms with E-state index < -0.39 is 0 Å². The second kappa shape index (κ2) is 18.9. The zero-order valence-electron chi connectivity index (χ0n) is 54.9. The van der Waals surface area contributed by atoms with Crippen molar-refractivity contribution in [3.8, 4) is 22.5 Å². The van der Waals surface area contributed by atoms with E-state index in [1.54, 1.807) is 0 Å². The zero-order valence-corrected chi connectivity index (χ0v) is 54.9. The van der Waals surface area contributed by atoms with Gasteiger partial charge in [-0.3, -0.25) is 0 Å². The third kappa shape index (κ3) is 6.94. The van der Waals surface area contributed by atoms with Gasteiger partial charge in [0.05, 0.1) is 6.04 Å². The van der Waals surface area contributed by atoms with Gasteiger partial charge in [-0.15, -0.1) is 32.8 Å². The van der Waals surface area contributed by atoms with Crippen LogP contribution in [0.25, 0.3) is 87.9 Å². The fraction of sp³-hybridized carbons (Fsp3) is 0.0213. The monoisotopic (exact) mass is 998 g/mol. The summed E-state index contributed by atoms with van der Waals surface area (Å²) in [6.45, 7) is 0. The maximum absolute atomic E-state index is 2.79. The van der Waals surface area contributed by atoms with Crippen molar-refractivity contribution in [3.05, 3.63) is 21.9 Å². The number of aromatic nitrogens is 3. The molecule has 0 atom stereocenters. The first kappa shape index (κ1) is 57.2. The van der Waals surface area contributed by atoms with Gasteiger partial charge in [0.25, 0.3) is 0 Å². The van der Waals surface area contributed by atoms with Crippen LogP contribution in [0.3, 0.4) is 0 Å². The van der Waals surface area contributed by atoms with Crippen molar-refractivity contribution in [1.29, 1.82) is 0 Å². The molecule has 0 bridgehead atoms. The van der Waals surface area contributed by atoms with Crippen molar-refractivity contribution in [1.82, 2.24) is 13.7 Å². The molecule has 3 nitrogen and oxygen atoms in total. The third-order valence-electron chi connectivity index (χ3n) is 23.4. The van der Waals surface area contributed by atoms with E-state index in [0.29, 0.717) is 0 Å². The van der Waals surface area contributed by atoms with E-state index in [1.165, 1.54) is 252 Å². The molecule has 3 heterocycles. The Balaban J connectivity index is 1.33. The molecule has 1 aliphatic carbocycles. The Kier molecular flexibility index (Phi) is 13.5. The highest BCUT2D eigenvalue weighted by atomic mass is 15.0. The van der Waals surface area contributed by atoms with Gasteiger partial charge in [-0.1, -0.05) is 126 Å². The number of nitrogens with zero attached hydrogens (tertiary/aromatic N) is 3. The quantitative estimate of drug-likeness (QED) is 0.156. The normalized spacial score (nSPS) is 13.3. The van der Waals surface area contributed by atoms with Gasteiger partial charge in [0.1, 0.15) is 235 Å². The van der Waals surface area contributed by atoms with Crippen molar-refractivity contribution < 1.29 is 0 Å². The summed E-state index contributed by atoms with van der Waals surface area (Å²) in [5.41, 5.74) is 55.3. The summed E-state index contributed by atoms with van der Waals surface area (Å²) in [6, 6.07) is 0.181. The second-order valence-corrected chi connectivity index (χ2v) is 26.1. The summed E-state index contributed by atoms with van der Waals surface area (Å²) >= 11 is 0. The maximum atomic E-state index is 2.79. The van der Waals surface area contributed by atoms with Crippen LogP contribution in [-0.4, -0.2) is 249 Å². The smallest absolute Gasteiger partial charge is 0.144 e. The maximum Gasteiger partial charge on any atom is 0.144 e.